The number of aliphatic hydroxyl groups is 1. The molecule has 13 heavy (non-hydrogen) atoms. The molecule has 4 heteroatoms. The van der Waals surface area contributed by atoms with E-state index in [1.807, 2.05) is 0 Å². The molecule has 0 saturated carbocycles. The average molecular weight is 188 g/mol. The maximum absolute atomic E-state index is 9.61. The van der Waals surface area contributed by atoms with E-state index in [4.69, 9.17) is 14.9 Å². The monoisotopic (exact) mass is 188 g/mol. The number of ether oxygens (including phenoxy) is 1. The van der Waals surface area contributed by atoms with Crippen molar-refractivity contribution >= 4 is 5.97 Å². The molecule has 1 aliphatic heterocycles. The Balaban J connectivity index is 0.000000223. The van der Waals surface area contributed by atoms with Crippen LogP contribution < -0.4 is 0 Å². The van der Waals surface area contributed by atoms with Gasteiger partial charge in [-0.05, 0) is 32.3 Å². The predicted octanol–water partition coefficient (Wildman–Crippen LogP) is 1.72. The summed E-state index contributed by atoms with van der Waals surface area (Å²) in [6.07, 6.45) is 5.04. The lowest BCUT2D eigenvalue weighted by atomic mass is 10.2. The third-order valence-corrected chi connectivity index (χ3v) is 1.57. The van der Waals surface area contributed by atoms with Crippen molar-refractivity contribution in [1.82, 2.24) is 0 Å². The summed E-state index contributed by atoms with van der Waals surface area (Å²) in [4.78, 5) is 9.61. The molecule has 0 bridgehead atoms. The van der Waals surface area contributed by atoms with Gasteiger partial charge < -0.3 is 14.9 Å². The number of allylic oxidation sites excluding steroid dienone is 1. The van der Waals surface area contributed by atoms with E-state index in [-0.39, 0.29) is 0 Å². The van der Waals surface area contributed by atoms with Gasteiger partial charge in [0.25, 0.3) is 0 Å². The fraction of sp³-hybridized carbons (Fsp3) is 0.667. The van der Waals surface area contributed by atoms with Crippen LogP contribution in [-0.2, 0) is 9.53 Å². The lowest BCUT2D eigenvalue weighted by Crippen LogP contribution is -2.03. The molecule has 0 unspecified atom stereocenters. The van der Waals surface area contributed by atoms with Gasteiger partial charge in [0, 0.05) is 13.2 Å². The van der Waals surface area contributed by atoms with E-state index in [0.717, 1.165) is 19.3 Å². The Morgan fingerprint density at radius 2 is 1.77 bits per heavy atom. The molecule has 1 rings (SSSR count). The van der Waals surface area contributed by atoms with E-state index in [1.54, 1.807) is 0 Å². The molecule has 1 heterocycles. The van der Waals surface area contributed by atoms with Crippen molar-refractivity contribution in [2.45, 2.75) is 26.2 Å². The summed E-state index contributed by atoms with van der Waals surface area (Å²) in [5.41, 5.74) is 0. The molecule has 76 valence electrons. The van der Waals surface area contributed by atoms with Crippen molar-refractivity contribution in [3.05, 3.63) is 11.8 Å². The van der Waals surface area contributed by atoms with Crippen LogP contribution in [0.5, 0.6) is 0 Å². The summed E-state index contributed by atoms with van der Waals surface area (Å²) in [6.45, 7) is 3.45. The van der Waals surface area contributed by atoms with Gasteiger partial charge in [0.2, 0.25) is 0 Å². The average Bonchev–Trinajstić information content (AvgIpc) is 2.20. The molecule has 1 fully saturated rings. The number of hydrogen-bond acceptors (Lipinski definition) is 3. The van der Waals surface area contributed by atoms with Crippen LogP contribution in [0.2, 0.25) is 0 Å². The van der Waals surface area contributed by atoms with Gasteiger partial charge in [-0.3, -0.25) is 0 Å². The van der Waals surface area contributed by atoms with Crippen LogP contribution >= 0.6 is 0 Å². The second kappa shape index (κ2) is 7.61. The quantitative estimate of drug-likeness (QED) is 0.485. The van der Waals surface area contributed by atoms with Crippen LogP contribution in [0.1, 0.15) is 26.2 Å². The minimum atomic E-state index is -1.29. The Morgan fingerprint density at radius 1 is 1.23 bits per heavy atom. The number of aliphatic carboxylic acids is 1. The van der Waals surface area contributed by atoms with Gasteiger partial charge >= 0.3 is 5.97 Å². The van der Waals surface area contributed by atoms with Gasteiger partial charge in [0.05, 0.1) is 0 Å². The highest BCUT2D eigenvalue weighted by Gasteiger charge is 1.97. The maximum Gasteiger partial charge on any atom is 0.370 e. The normalized spacial score (nSPS) is 17.2. The van der Waals surface area contributed by atoms with Crippen LogP contribution in [0, 0.1) is 0 Å². The molecule has 0 aliphatic carbocycles. The molecule has 0 amide bonds. The Bertz CT molecular complexity index is 159. The van der Waals surface area contributed by atoms with E-state index in [0.29, 0.717) is 0 Å². The van der Waals surface area contributed by atoms with Crippen molar-refractivity contribution in [2.24, 2.45) is 0 Å². The first-order valence-corrected chi connectivity index (χ1v) is 4.34. The van der Waals surface area contributed by atoms with Crippen molar-refractivity contribution in [1.29, 1.82) is 0 Å². The molecule has 1 aliphatic rings. The van der Waals surface area contributed by atoms with Crippen molar-refractivity contribution in [3.63, 3.8) is 0 Å². The molecule has 1 saturated heterocycles. The highest BCUT2D eigenvalue weighted by Crippen LogP contribution is 2.02. The number of aliphatic hydroxyl groups excluding tert-OH is 1. The first-order valence-electron chi connectivity index (χ1n) is 4.34. The lowest BCUT2D eigenvalue weighted by Gasteiger charge is -2.08. The van der Waals surface area contributed by atoms with Gasteiger partial charge in [-0.2, -0.15) is 0 Å². The van der Waals surface area contributed by atoms with E-state index < -0.39 is 11.7 Å². The molecule has 0 spiro atoms. The summed E-state index contributed by atoms with van der Waals surface area (Å²) in [5, 5.41) is 16.1. The Labute approximate surface area is 77.8 Å². The smallest absolute Gasteiger partial charge is 0.370 e. The van der Waals surface area contributed by atoms with Gasteiger partial charge in [-0.15, -0.1) is 0 Å². The molecule has 0 radical (unpaired) electrons. The van der Waals surface area contributed by atoms with Crippen molar-refractivity contribution in [2.75, 3.05) is 13.2 Å². The van der Waals surface area contributed by atoms with Gasteiger partial charge in [-0.1, -0.05) is 0 Å². The summed E-state index contributed by atoms with van der Waals surface area (Å²) in [7, 11) is 0. The number of hydrogen-bond donors (Lipinski definition) is 2. The Hall–Kier alpha value is -1.03. The predicted molar refractivity (Wildman–Crippen MR) is 48.7 cm³/mol. The molecule has 0 aromatic carbocycles. The van der Waals surface area contributed by atoms with Crippen LogP contribution in [0.25, 0.3) is 0 Å². The molecule has 4 nitrogen and oxygen atoms in total. The molecule has 2 N–H and O–H groups in total. The number of carbonyl (C=O) groups is 1. The SMILES string of the molecule is C1CCOCC1.CC=C(O)C(=O)O. The zero-order chi connectivity index (χ0) is 10.1. The molecular formula is C9H16O4. The minimum absolute atomic E-state index is 0.611. The second-order valence-corrected chi connectivity index (χ2v) is 2.65. The zero-order valence-electron chi connectivity index (χ0n) is 7.82. The fourth-order valence-corrected chi connectivity index (χ4v) is 0.811. The number of carboxylic acid groups (broad SMARTS) is 1. The highest BCUT2D eigenvalue weighted by atomic mass is 16.5. The Kier molecular flexibility index (Phi) is 7.01. The third kappa shape index (κ3) is 7.33. The van der Waals surface area contributed by atoms with Gasteiger partial charge in [-0.25, -0.2) is 4.79 Å². The lowest BCUT2D eigenvalue weighted by molar-refractivity contribution is -0.135. The zero-order valence-corrected chi connectivity index (χ0v) is 7.82. The van der Waals surface area contributed by atoms with Gasteiger partial charge in [0.15, 0.2) is 5.76 Å². The summed E-state index contributed by atoms with van der Waals surface area (Å²) >= 11 is 0. The second-order valence-electron chi connectivity index (χ2n) is 2.65. The van der Waals surface area contributed by atoms with Crippen LogP contribution in [-0.4, -0.2) is 29.4 Å². The molecule has 0 aromatic rings. The summed E-state index contributed by atoms with van der Waals surface area (Å²) in [6, 6.07) is 0. The van der Waals surface area contributed by atoms with E-state index in [2.05, 4.69) is 0 Å². The molecule has 0 aromatic heterocycles. The van der Waals surface area contributed by atoms with Crippen LogP contribution in [0.4, 0.5) is 0 Å². The van der Waals surface area contributed by atoms with Crippen molar-refractivity contribution < 1.29 is 19.7 Å². The first-order chi connectivity index (χ1) is 6.18. The van der Waals surface area contributed by atoms with E-state index in [9.17, 15) is 4.79 Å². The fourth-order valence-electron chi connectivity index (χ4n) is 0.811. The van der Waals surface area contributed by atoms with Crippen LogP contribution in [0.3, 0.4) is 0 Å². The topological polar surface area (TPSA) is 66.8 Å². The summed E-state index contributed by atoms with van der Waals surface area (Å²) < 4.78 is 5.07. The van der Waals surface area contributed by atoms with Crippen LogP contribution in [0.15, 0.2) is 11.8 Å². The number of rotatable bonds is 1. The van der Waals surface area contributed by atoms with Gasteiger partial charge in [0.1, 0.15) is 0 Å². The minimum Gasteiger partial charge on any atom is -0.502 e. The maximum atomic E-state index is 9.61. The largest absolute Gasteiger partial charge is 0.502 e. The Morgan fingerprint density at radius 3 is 1.85 bits per heavy atom. The highest BCUT2D eigenvalue weighted by molar-refractivity contribution is 5.83. The summed E-state index contributed by atoms with van der Waals surface area (Å²) in [5.74, 6) is -1.90. The molecule has 0 atom stereocenters. The van der Waals surface area contributed by atoms with E-state index >= 15 is 0 Å². The molecular weight excluding hydrogens is 172 g/mol. The number of carboxylic acids is 1. The van der Waals surface area contributed by atoms with Crippen molar-refractivity contribution in [3.8, 4) is 0 Å². The first kappa shape index (κ1) is 12.0. The third-order valence-electron chi connectivity index (χ3n) is 1.57. The standard InChI is InChI=1S/C5H10O.C4H6O3/c1-2-4-6-5-3-1;1-2-3(5)4(6)7/h1-5H2;2,5H,1H3,(H,6,7). The van der Waals surface area contributed by atoms with E-state index in [1.165, 1.54) is 26.2 Å².